The largest absolute Gasteiger partial charge is 0.399 e. The number of nitro benzene ring substituents is 1. The van der Waals surface area contributed by atoms with Gasteiger partial charge in [-0.2, -0.15) is 0 Å². The molecule has 0 heterocycles. The van der Waals surface area contributed by atoms with E-state index in [0.717, 1.165) is 30.3 Å². The van der Waals surface area contributed by atoms with Crippen molar-refractivity contribution in [1.82, 2.24) is 0 Å². The van der Waals surface area contributed by atoms with E-state index >= 15 is 0 Å². The number of nitro groups is 1. The van der Waals surface area contributed by atoms with E-state index < -0.39 is 33.8 Å². The molecule has 6 nitrogen and oxygen atoms in total. The average molecular weight is 293 g/mol. The molecule has 2 aromatic rings. The maximum absolute atomic E-state index is 13.4. The number of rotatable bonds is 3. The lowest BCUT2D eigenvalue weighted by Crippen LogP contribution is -2.15. The lowest BCUT2D eigenvalue weighted by atomic mass is 10.1. The van der Waals surface area contributed by atoms with Gasteiger partial charge in [-0.3, -0.25) is 14.9 Å². The Bertz CT molecular complexity index is 735. The number of halogens is 2. The number of carbonyl (C=O) groups excluding carboxylic acids is 1. The Morgan fingerprint density at radius 1 is 1.19 bits per heavy atom. The Balaban J connectivity index is 2.39. The molecule has 0 aliphatic heterocycles. The maximum Gasteiger partial charge on any atom is 0.282 e. The minimum atomic E-state index is -0.960. The van der Waals surface area contributed by atoms with Gasteiger partial charge in [-0.05, 0) is 24.3 Å². The van der Waals surface area contributed by atoms with Crippen molar-refractivity contribution >= 4 is 23.0 Å². The highest BCUT2D eigenvalue weighted by atomic mass is 19.1. The van der Waals surface area contributed by atoms with Gasteiger partial charge in [0.15, 0.2) is 0 Å². The first kappa shape index (κ1) is 14.4. The molecule has 0 saturated heterocycles. The van der Waals surface area contributed by atoms with E-state index in [1.807, 2.05) is 0 Å². The topological polar surface area (TPSA) is 98.3 Å². The summed E-state index contributed by atoms with van der Waals surface area (Å²) in [4.78, 5) is 22.1. The van der Waals surface area contributed by atoms with Crippen molar-refractivity contribution in [2.75, 3.05) is 11.1 Å². The van der Waals surface area contributed by atoms with Gasteiger partial charge in [0, 0.05) is 17.8 Å². The summed E-state index contributed by atoms with van der Waals surface area (Å²) in [5.74, 6) is -2.58. The van der Waals surface area contributed by atoms with E-state index in [-0.39, 0.29) is 11.3 Å². The average Bonchev–Trinajstić information content (AvgIpc) is 2.42. The minimum Gasteiger partial charge on any atom is -0.399 e. The SMILES string of the molecule is Nc1ccc([N+](=O)[O-])c(C(=O)Nc2cc(F)ccc2F)c1. The Hall–Kier alpha value is -3.03. The van der Waals surface area contributed by atoms with E-state index in [9.17, 15) is 23.7 Å². The molecule has 0 fully saturated rings. The van der Waals surface area contributed by atoms with Gasteiger partial charge < -0.3 is 11.1 Å². The van der Waals surface area contributed by atoms with Crippen molar-refractivity contribution < 1.29 is 18.5 Å². The Morgan fingerprint density at radius 2 is 1.90 bits per heavy atom. The van der Waals surface area contributed by atoms with Gasteiger partial charge in [-0.1, -0.05) is 0 Å². The van der Waals surface area contributed by atoms with Crippen molar-refractivity contribution in [3.8, 4) is 0 Å². The molecule has 0 radical (unpaired) electrons. The zero-order chi connectivity index (χ0) is 15.6. The van der Waals surface area contributed by atoms with E-state index in [2.05, 4.69) is 5.32 Å². The number of benzene rings is 2. The number of carbonyl (C=O) groups is 1. The molecule has 3 N–H and O–H groups in total. The van der Waals surface area contributed by atoms with E-state index in [1.165, 1.54) is 6.07 Å². The zero-order valence-corrected chi connectivity index (χ0v) is 10.5. The van der Waals surface area contributed by atoms with Crippen LogP contribution >= 0.6 is 0 Å². The van der Waals surface area contributed by atoms with Crippen molar-refractivity contribution in [1.29, 1.82) is 0 Å². The molecule has 108 valence electrons. The second kappa shape index (κ2) is 5.53. The van der Waals surface area contributed by atoms with Gasteiger partial charge in [0.2, 0.25) is 0 Å². The highest BCUT2D eigenvalue weighted by Gasteiger charge is 2.21. The van der Waals surface area contributed by atoms with Gasteiger partial charge in [0.1, 0.15) is 17.2 Å². The third-order valence-corrected chi connectivity index (χ3v) is 2.64. The van der Waals surface area contributed by atoms with Crippen LogP contribution in [0.2, 0.25) is 0 Å². The summed E-state index contributed by atoms with van der Waals surface area (Å²) in [6.07, 6.45) is 0. The van der Waals surface area contributed by atoms with Gasteiger partial charge in [-0.15, -0.1) is 0 Å². The minimum absolute atomic E-state index is 0.130. The summed E-state index contributed by atoms with van der Waals surface area (Å²) >= 11 is 0. The number of nitrogens with two attached hydrogens (primary N) is 1. The predicted octanol–water partition coefficient (Wildman–Crippen LogP) is 2.71. The molecule has 0 aromatic heterocycles. The molecule has 0 aliphatic rings. The van der Waals surface area contributed by atoms with Crippen LogP contribution in [0, 0.1) is 21.7 Å². The summed E-state index contributed by atoms with van der Waals surface area (Å²) in [6, 6.07) is 5.90. The molecule has 8 heteroatoms. The van der Waals surface area contributed by atoms with Gasteiger partial charge in [0.25, 0.3) is 11.6 Å². The van der Waals surface area contributed by atoms with E-state index in [0.29, 0.717) is 0 Å². The van der Waals surface area contributed by atoms with Gasteiger partial charge in [0.05, 0.1) is 10.6 Å². The van der Waals surface area contributed by atoms with Crippen LogP contribution in [0.3, 0.4) is 0 Å². The molecule has 0 spiro atoms. The summed E-state index contributed by atoms with van der Waals surface area (Å²) in [5.41, 5.74) is 4.36. The lowest BCUT2D eigenvalue weighted by molar-refractivity contribution is -0.385. The first-order valence-electron chi connectivity index (χ1n) is 5.69. The van der Waals surface area contributed by atoms with Crippen LogP contribution in [-0.2, 0) is 0 Å². The molecule has 0 atom stereocenters. The highest BCUT2D eigenvalue weighted by Crippen LogP contribution is 2.23. The normalized spacial score (nSPS) is 10.2. The second-order valence-electron chi connectivity index (χ2n) is 4.11. The Labute approximate surface area is 117 Å². The molecule has 2 rings (SSSR count). The standard InChI is InChI=1S/C13H9F2N3O3/c14-7-1-3-10(15)11(5-7)17-13(19)9-6-8(16)2-4-12(9)18(20)21/h1-6H,16H2,(H,17,19). The predicted molar refractivity (Wildman–Crippen MR) is 71.8 cm³/mol. The molecule has 0 bridgehead atoms. The fourth-order valence-electron chi connectivity index (χ4n) is 1.68. The van der Waals surface area contributed by atoms with Crippen LogP contribution in [0.5, 0.6) is 0 Å². The molecular formula is C13H9F2N3O3. The number of nitrogen functional groups attached to an aromatic ring is 1. The summed E-state index contributed by atoms with van der Waals surface area (Å²) in [7, 11) is 0. The smallest absolute Gasteiger partial charge is 0.282 e. The molecule has 0 saturated carbocycles. The number of nitrogens with one attached hydrogen (secondary N) is 1. The fourth-order valence-corrected chi connectivity index (χ4v) is 1.68. The van der Waals surface area contributed by atoms with Crippen molar-refractivity contribution in [3.05, 3.63) is 63.7 Å². The van der Waals surface area contributed by atoms with Gasteiger partial charge >= 0.3 is 0 Å². The van der Waals surface area contributed by atoms with E-state index in [4.69, 9.17) is 5.73 Å². The summed E-state index contributed by atoms with van der Waals surface area (Å²) < 4.78 is 26.5. The van der Waals surface area contributed by atoms with Crippen molar-refractivity contribution in [2.45, 2.75) is 0 Å². The van der Waals surface area contributed by atoms with Crippen molar-refractivity contribution in [3.63, 3.8) is 0 Å². The summed E-state index contributed by atoms with van der Waals surface area (Å²) in [6.45, 7) is 0. The monoisotopic (exact) mass is 293 g/mol. The first-order valence-corrected chi connectivity index (χ1v) is 5.69. The molecular weight excluding hydrogens is 284 g/mol. The third kappa shape index (κ3) is 3.11. The number of amides is 1. The molecule has 0 unspecified atom stereocenters. The van der Waals surface area contributed by atoms with Crippen LogP contribution < -0.4 is 11.1 Å². The highest BCUT2D eigenvalue weighted by molar-refractivity contribution is 6.07. The maximum atomic E-state index is 13.4. The van der Waals surface area contributed by atoms with E-state index in [1.54, 1.807) is 0 Å². The molecule has 21 heavy (non-hydrogen) atoms. The fraction of sp³-hybridized carbons (Fsp3) is 0. The number of hydrogen-bond acceptors (Lipinski definition) is 4. The Kier molecular flexibility index (Phi) is 3.79. The van der Waals surface area contributed by atoms with Crippen LogP contribution in [0.25, 0.3) is 0 Å². The van der Waals surface area contributed by atoms with Gasteiger partial charge in [-0.25, -0.2) is 8.78 Å². The Morgan fingerprint density at radius 3 is 2.57 bits per heavy atom. The molecule has 1 amide bonds. The first-order chi connectivity index (χ1) is 9.88. The number of hydrogen-bond donors (Lipinski definition) is 2. The van der Waals surface area contributed by atoms with Crippen LogP contribution in [0.1, 0.15) is 10.4 Å². The zero-order valence-electron chi connectivity index (χ0n) is 10.5. The van der Waals surface area contributed by atoms with Crippen LogP contribution in [0.15, 0.2) is 36.4 Å². The quantitative estimate of drug-likeness (QED) is 0.516. The second-order valence-corrected chi connectivity index (χ2v) is 4.11. The summed E-state index contributed by atoms with van der Waals surface area (Å²) in [5, 5.41) is 12.9. The molecule has 2 aromatic carbocycles. The molecule has 0 aliphatic carbocycles. The van der Waals surface area contributed by atoms with Crippen LogP contribution in [-0.4, -0.2) is 10.8 Å². The number of anilines is 2. The number of nitrogens with zero attached hydrogens (tertiary/aromatic N) is 1. The van der Waals surface area contributed by atoms with Crippen molar-refractivity contribution in [2.24, 2.45) is 0 Å². The lowest BCUT2D eigenvalue weighted by Gasteiger charge is -2.07. The van der Waals surface area contributed by atoms with Crippen LogP contribution in [0.4, 0.5) is 25.8 Å². The third-order valence-electron chi connectivity index (χ3n) is 2.64.